The number of nitrogens with zero attached hydrogens (tertiary/aromatic N) is 3. The van der Waals surface area contributed by atoms with E-state index < -0.39 is 11.6 Å². The molecule has 0 N–H and O–H groups in total. The molecule has 31 heavy (non-hydrogen) atoms. The molecular weight excluding hydrogens is 400 g/mol. The van der Waals surface area contributed by atoms with Crippen molar-refractivity contribution in [2.75, 3.05) is 13.1 Å². The molecule has 0 bridgehead atoms. The first kappa shape index (κ1) is 21.2. The zero-order valence-electron chi connectivity index (χ0n) is 17.7. The molecule has 1 aromatic carbocycles. The smallest absolute Gasteiger partial charge is 0.227 e. The maximum absolute atomic E-state index is 13.9. The highest BCUT2D eigenvalue weighted by Crippen LogP contribution is 2.27. The Morgan fingerprint density at radius 1 is 1.16 bits per heavy atom. The normalized spacial score (nSPS) is 16.5. The first-order valence-corrected chi connectivity index (χ1v) is 10.5. The second-order valence-electron chi connectivity index (χ2n) is 8.13. The number of benzene rings is 1. The minimum absolute atomic E-state index is 0.0470. The fraction of sp³-hybridized carbons (Fsp3) is 0.375. The van der Waals surface area contributed by atoms with Crippen molar-refractivity contribution in [2.24, 2.45) is 0 Å². The predicted octanol–water partition coefficient (Wildman–Crippen LogP) is 4.50. The van der Waals surface area contributed by atoms with E-state index in [1.54, 1.807) is 6.20 Å². The first-order chi connectivity index (χ1) is 14.9. The van der Waals surface area contributed by atoms with Crippen LogP contribution in [0.2, 0.25) is 0 Å². The van der Waals surface area contributed by atoms with E-state index in [2.05, 4.69) is 10.1 Å². The van der Waals surface area contributed by atoms with Crippen LogP contribution in [0, 0.1) is 25.5 Å². The van der Waals surface area contributed by atoms with Gasteiger partial charge in [0.25, 0.3) is 0 Å². The van der Waals surface area contributed by atoms with Crippen LogP contribution >= 0.6 is 0 Å². The Morgan fingerprint density at radius 3 is 2.58 bits per heavy atom. The summed E-state index contributed by atoms with van der Waals surface area (Å²) in [5.41, 5.74) is 3.30. The number of hydrogen-bond acceptors (Lipinski definition) is 4. The van der Waals surface area contributed by atoms with Crippen molar-refractivity contribution in [2.45, 2.75) is 45.4 Å². The molecule has 1 aliphatic rings. The van der Waals surface area contributed by atoms with Gasteiger partial charge >= 0.3 is 0 Å². The van der Waals surface area contributed by atoms with Crippen LogP contribution in [0.1, 0.15) is 52.6 Å². The van der Waals surface area contributed by atoms with Crippen LogP contribution in [-0.4, -0.2) is 34.0 Å². The summed E-state index contributed by atoms with van der Waals surface area (Å²) in [7, 11) is 0. The van der Waals surface area contributed by atoms with Gasteiger partial charge < -0.3 is 9.42 Å². The lowest BCUT2D eigenvalue weighted by molar-refractivity contribution is -0.131. The van der Waals surface area contributed by atoms with Gasteiger partial charge in [0.1, 0.15) is 17.4 Å². The largest absolute Gasteiger partial charge is 0.361 e. The number of rotatable bonds is 5. The van der Waals surface area contributed by atoms with E-state index in [4.69, 9.17) is 4.52 Å². The van der Waals surface area contributed by atoms with E-state index in [1.807, 2.05) is 30.9 Å². The molecule has 0 unspecified atom stereocenters. The molecule has 3 aromatic rings. The van der Waals surface area contributed by atoms with E-state index in [9.17, 15) is 13.6 Å². The van der Waals surface area contributed by atoms with E-state index in [-0.39, 0.29) is 30.2 Å². The van der Waals surface area contributed by atoms with Crippen LogP contribution in [0.3, 0.4) is 0 Å². The van der Waals surface area contributed by atoms with Gasteiger partial charge in [-0.05, 0) is 50.5 Å². The van der Waals surface area contributed by atoms with Gasteiger partial charge in [0.2, 0.25) is 5.91 Å². The molecule has 0 spiro atoms. The van der Waals surface area contributed by atoms with Gasteiger partial charge in [-0.25, -0.2) is 8.78 Å². The van der Waals surface area contributed by atoms with Crippen molar-refractivity contribution in [1.29, 1.82) is 0 Å². The fourth-order valence-electron chi connectivity index (χ4n) is 4.15. The Balaban J connectivity index is 1.42. The maximum atomic E-state index is 13.9. The topological polar surface area (TPSA) is 59.2 Å². The number of pyridine rings is 1. The molecule has 7 heteroatoms. The summed E-state index contributed by atoms with van der Waals surface area (Å²) in [5.74, 6) is -0.220. The molecule has 1 amide bonds. The number of carbonyl (C=O) groups excluding carboxylic acids is 1. The Kier molecular flexibility index (Phi) is 6.11. The van der Waals surface area contributed by atoms with Gasteiger partial charge in [0, 0.05) is 48.4 Å². The number of likely N-dealkylation sites (tertiary alicyclic amines) is 1. The number of halogens is 2. The summed E-state index contributed by atoms with van der Waals surface area (Å²) >= 11 is 0. The van der Waals surface area contributed by atoms with E-state index in [0.29, 0.717) is 12.3 Å². The third-order valence-electron chi connectivity index (χ3n) is 5.99. The Labute approximate surface area is 180 Å². The second kappa shape index (κ2) is 8.96. The summed E-state index contributed by atoms with van der Waals surface area (Å²) in [6.07, 6.45) is 3.96. The summed E-state index contributed by atoms with van der Waals surface area (Å²) < 4.78 is 33.0. The van der Waals surface area contributed by atoms with E-state index in [1.165, 1.54) is 18.2 Å². The van der Waals surface area contributed by atoms with Crippen molar-refractivity contribution in [1.82, 2.24) is 15.0 Å². The van der Waals surface area contributed by atoms with Crippen molar-refractivity contribution in [3.8, 4) is 0 Å². The molecule has 0 radical (unpaired) electrons. The fourth-order valence-corrected chi connectivity index (χ4v) is 4.15. The van der Waals surface area contributed by atoms with Crippen LogP contribution in [0.4, 0.5) is 8.78 Å². The molecule has 1 saturated heterocycles. The Hall–Kier alpha value is -3.09. The first-order valence-electron chi connectivity index (χ1n) is 10.5. The third-order valence-corrected chi connectivity index (χ3v) is 5.99. The van der Waals surface area contributed by atoms with Gasteiger partial charge in [-0.3, -0.25) is 9.78 Å². The summed E-state index contributed by atoms with van der Waals surface area (Å²) in [6, 6.07) is 7.64. The van der Waals surface area contributed by atoms with Gasteiger partial charge in [0.05, 0.1) is 12.1 Å². The van der Waals surface area contributed by atoms with Crippen LogP contribution in [0.25, 0.3) is 0 Å². The lowest BCUT2D eigenvalue weighted by Crippen LogP contribution is -2.40. The van der Waals surface area contributed by atoms with Gasteiger partial charge in [-0.2, -0.15) is 0 Å². The zero-order chi connectivity index (χ0) is 22.0. The molecule has 3 heterocycles. The zero-order valence-corrected chi connectivity index (χ0v) is 17.7. The minimum atomic E-state index is -0.552. The molecular formula is C24H25F2N3O2. The highest BCUT2D eigenvalue weighted by Gasteiger charge is 2.27. The average Bonchev–Trinajstić information content (AvgIpc) is 3.09. The van der Waals surface area contributed by atoms with Crippen molar-refractivity contribution in [3.05, 3.63) is 82.0 Å². The molecule has 5 nitrogen and oxygen atoms in total. The monoisotopic (exact) mass is 425 g/mol. The Bertz CT molecular complexity index is 1040. The number of aryl methyl sites for hydroxylation is 2. The summed E-state index contributed by atoms with van der Waals surface area (Å²) in [6.45, 7) is 5.00. The molecule has 0 aliphatic carbocycles. The van der Waals surface area contributed by atoms with Gasteiger partial charge in [-0.15, -0.1) is 0 Å². The van der Waals surface area contributed by atoms with Crippen LogP contribution < -0.4 is 0 Å². The van der Waals surface area contributed by atoms with Gasteiger partial charge in [0.15, 0.2) is 0 Å². The predicted molar refractivity (Wildman–Crippen MR) is 112 cm³/mol. The number of piperidine rings is 1. The van der Waals surface area contributed by atoms with Crippen molar-refractivity contribution >= 4 is 5.91 Å². The molecule has 162 valence electrons. The van der Waals surface area contributed by atoms with E-state index in [0.717, 1.165) is 41.9 Å². The molecule has 0 saturated carbocycles. The molecule has 1 atom stereocenters. The summed E-state index contributed by atoms with van der Waals surface area (Å²) in [5, 5.41) is 3.92. The van der Waals surface area contributed by atoms with Crippen molar-refractivity contribution < 1.29 is 18.1 Å². The number of amides is 1. The quantitative estimate of drug-likeness (QED) is 0.604. The lowest BCUT2D eigenvalue weighted by atomic mass is 9.93. The van der Waals surface area contributed by atoms with Crippen molar-refractivity contribution in [3.63, 3.8) is 0 Å². The van der Waals surface area contributed by atoms with Crippen LogP contribution in [0.15, 0.2) is 41.1 Å². The number of aromatic nitrogens is 2. The van der Waals surface area contributed by atoms with Crippen LogP contribution in [-0.2, 0) is 17.6 Å². The van der Waals surface area contributed by atoms with Gasteiger partial charge in [-0.1, -0.05) is 17.3 Å². The Morgan fingerprint density at radius 2 is 1.94 bits per heavy atom. The molecule has 2 aromatic heterocycles. The number of hydrogen-bond donors (Lipinski definition) is 0. The minimum Gasteiger partial charge on any atom is -0.361 e. The van der Waals surface area contributed by atoms with E-state index >= 15 is 0 Å². The molecule has 1 fully saturated rings. The number of carbonyl (C=O) groups is 1. The second-order valence-corrected chi connectivity index (χ2v) is 8.13. The maximum Gasteiger partial charge on any atom is 0.227 e. The third kappa shape index (κ3) is 4.65. The SMILES string of the molecule is Cc1noc(C)c1CC(=O)N1CCC[C@@H](c2ccc(Cc3c(F)cccc3F)cn2)C1. The molecule has 1 aliphatic heterocycles. The molecule has 4 rings (SSSR count). The standard InChI is InChI=1S/C24H25F2N3O2/c1-15-19(16(2)31-28-15)12-24(30)29-10-4-5-18(14-29)23-9-8-17(13-27-23)11-20-21(25)6-3-7-22(20)26/h3,6-9,13,18H,4-5,10-12,14H2,1-2H3/t18-/m1/s1. The highest BCUT2D eigenvalue weighted by atomic mass is 19.1. The lowest BCUT2D eigenvalue weighted by Gasteiger charge is -2.32. The highest BCUT2D eigenvalue weighted by molar-refractivity contribution is 5.79. The summed E-state index contributed by atoms with van der Waals surface area (Å²) in [4.78, 5) is 19.3. The average molecular weight is 425 g/mol. The van der Waals surface area contributed by atoms with Crippen LogP contribution in [0.5, 0.6) is 0 Å².